The van der Waals surface area contributed by atoms with Crippen LogP contribution in [0.2, 0.25) is 0 Å². The molecule has 2 aromatic heterocycles. The minimum absolute atomic E-state index is 1.12. The predicted octanol–water partition coefficient (Wildman–Crippen LogP) is 14.1. The lowest BCUT2D eigenvalue weighted by atomic mass is 9.96. The van der Waals surface area contributed by atoms with E-state index in [0.717, 1.165) is 17.1 Å². The summed E-state index contributed by atoms with van der Waals surface area (Å²) in [4.78, 5) is 2.48. The molecule has 0 aliphatic heterocycles. The number of thiophene rings is 1. The van der Waals surface area contributed by atoms with Gasteiger partial charge in [-0.1, -0.05) is 127 Å². The van der Waals surface area contributed by atoms with Crippen molar-refractivity contribution in [3.63, 3.8) is 0 Å². The first kappa shape index (κ1) is 28.4. The fourth-order valence-electron chi connectivity index (χ4n) is 8.23. The topological polar surface area (TPSA) is 8.17 Å². The van der Waals surface area contributed by atoms with Gasteiger partial charge in [-0.05, 0) is 86.9 Å². The van der Waals surface area contributed by atoms with Crippen molar-refractivity contribution in [1.82, 2.24) is 4.57 Å². The van der Waals surface area contributed by atoms with Gasteiger partial charge in [-0.2, -0.15) is 0 Å². The molecule has 2 nitrogen and oxygen atoms in total. The Kier molecular flexibility index (Phi) is 6.16. The molecule has 0 fully saturated rings. The summed E-state index contributed by atoms with van der Waals surface area (Å²) in [6.07, 6.45) is 0. The largest absolute Gasteiger partial charge is 0.309 e. The second kappa shape index (κ2) is 11.0. The molecule has 0 saturated heterocycles. The molecule has 11 rings (SSSR count). The Balaban J connectivity index is 1.22. The molecule has 0 bridgehead atoms. The zero-order valence-corrected chi connectivity index (χ0v) is 28.4. The predicted molar refractivity (Wildman–Crippen MR) is 221 cm³/mol. The Morgan fingerprint density at radius 1 is 0.373 bits per heavy atom. The fraction of sp³-hybridized carbons (Fsp3) is 0. The molecule has 0 atom stereocenters. The molecule has 238 valence electrons. The van der Waals surface area contributed by atoms with E-state index in [2.05, 4.69) is 191 Å². The van der Waals surface area contributed by atoms with Gasteiger partial charge in [0.2, 0.25) is 0 Å². The number of hydrogen-bond donors (Lipinski definition) is 0. The van der Waals surface area contributed by atoms with Crippen molar-refractivity contribution in [2.24, 2.45) is 0 Å². The summed E-state index contributed by atoms with van der Waals surface area (Å²) in [6.45, 7) is 0. The molecular weight excluding hydrogens is 637 g/mol. The lowest BCUT2D eigenvalue weighted by Gasteiger charge is -2.27. The molecule has 0 spiro atoms. The van der Waals surface area contributed by atoms with Crippen molar-refractivity contribution in [3.05, 3.63) is 182 Å². The Bertz CT molecular complexity index is 3150. The zero-order chi connectivity index (χ0) is 33.5. The maximum atomic E-state index is 2.48. The summed E-state index contributed by atoms with van der Waals surface area (Å²) in [5.41, 5.74) is 6.99. The molecule has 0 unspecified atom stereocenters. The first-order valence-corrected chi connectivity index (χ1v) is 18.3. The summed E-state index contributed by atoms with van der Waals surface area (Å²) in [6, 6.07) is 66.8. The van der Waals surface area contributed by atoms with E-state index in [4.69, 9.17) is 0 Å². The van der Waals surface area contributed by atoms with Gasteiger partial charge in [0, 0.05) is 43.3 Å². The van der Waals surface area contributed by atoms with E-state index in [1.165, 1.54) is 80.0 Å². The van der Waals surface area contributed by atoms with Crippen molar-refractivity contribution < 1.29 is 0 Å². The molecule has 0 radical (unpaired) electrons. The van der Waals surface area contributed by atoms with Crippen molar-refractivity contribution in [2.75, 3.05) is 4.90 Å². The number of aromatic nitrogens is 1. The molecule has 0 aliphatic carbocycles. The molecular formula is C48H30N2S. The summed E-state index contributed by atoms with van der Waals surface area (Å²) in [5, 5.41) is 12.7. The Hall–Kier alpha value is -6.42. The summed E-state index contributed by atoms with van der Waals surface area (Å²) in [5.74, 6) is 0. The van der Waals surface area contributed by atoms with Crippen LogP contribution in [0, 0.1) is 0 Å². The standard InChI is InChI=1S/C48H30N2S/c1-2-12-33(13-3-1)50-44-18-8-6-15-39(44)40-28-25-35(30-46(40)50)49(45-19-10-17-42-41-16-7-9-20-47(41)51-48(42)45)34-24-21-32-23-26-37-36-14-5-4-11-31(36)22-27-38(37)43(32)29-34/h1-30H. The van der Waals surface area contributed by atoms with Crippen LogP contribution in [0.15, 0.2) is 182 Å². The average molecular weight is 667 g/mol. The molecule has 11 aromatic rings. The van der Waals surface area contributed by atoms with Gasteiger partial charge in [0.05, 0.1) is 21.4 Å². The van der Waals surface area contributed by atoms with Crippen molar-refractivity contribution in [1.29, 1.82) is 0 Å². The lowest BCUT2D eigenvalue weighted by Crippen LogP contribution is -2.10. The molecule has 0 amide bonds. The fourth-order valence-corrected chi connectivity index (χ4v) is 9.44. The van der Waals surface area contributed by atoms with Gasteiger partial charge in [0.15, 0.2) is 0 Å². The van der Waals surface area contributed by atoms with E-state index in [-0.39, 0.29) is 0 Å². The number of hydrogen-bond acceptors (Lipinski definition) is 2. The number of para-hydroxylation sites is 2. The highest BCUT2D eigenvalue weighted by Crippen LogP contribution is 2.47. The van der Waals surface area contributed by atoms with Crippen LogP contribution in [-0.4, -0.2) is 4.57 Å². The monoisotopic (exact) mass is 666 g/mol. The number of anilines is 3. The first-order chi connectivity index (χ1) is 25.3. The second-order valence-electron chi connectivity index (χ2n) is 13.3. The van der Waals surface area contributed by atoms with E-state index in [9.17, 15) is 0 Å². The Morgan fingerprint density at radius 2 is 0.980 bits per heavy atom. The van der Waals surface area contributed by atoms with Gasteiger partial charge in [0.1, 0.15) is 0 Å². The molecule has 0 N–H and O–H groups in total. The van der Waals surface area contributed by atoms with E-state index in [0.29, 0.717) is 0 Å². The van der Waals surface area contributed by atoms with E-state index < -0.39 is 0 Å². The van der Waals surface area contributed by atoms with Crippen LogP contribution in [0.1, 0.15) is 0 Å². The van der Waals surface area contributed by atoms with Crippen LogP contribution in [0.25, 0.3) is 80.0 Å². The minimum Gasteiger partial charge on any atom is -0.309 e. The SMILES string of the molecule is c1ccc(-n2c3ccccc3c3ccc(N(c4ccc5ccc6c7ccccc7ccc6c5c4)c4cccc5c4sc4ccccc45)cc32)cc1. The second-order valence-corrected chi connectivity index (χ2v) is 14.4. The lowest BCUT2D eigenvalue weighted by molar-refractivity contribution is 1.18. The van der Waals surface area contributed by atoms with Crippen LogP contribution >= 0.6 is 11.3 Å². The van der Waals surface area contributed by atoms with Crippen molar-refractivity contribution in [2.45, 2.75) is 0 Å². The highest BCUT2D eigenvalue weighted by atomic mass is 32.1. The van der Waals surface area contributed by atoms with Crippen LogP contribution in [0.3, 0.4) is 0 Å². The molecule has 0 saturated carbocycles. The van der Waals surface area contributed by atoms with E-state index in [1.807, 2.05) is 11.3 Å². The average Bonchev–Trinajstić information content (AvgIpc) is 3.74. The smallest absolute Gasteiger partial charge is 0.0640 e. The van der Waals surface area contributed by atoms with Crippen LogP contribution in [0.5, 0.6) is 0 Å². The van der Waals surface area contributed by atoms with Gasteiger partial charge in [-0.15, -0.1) is 11.3 Å². The third-order valence-electron chi connectivity index (χ3n) is 10.5. The number of nitrogens with zero attached hydrogens (tertiary/aromatic N) is 2. The number of fused-ring (bicyclic) bond motifs is 11. The third kappa shape index (κ3) is 4.29. The van der Waals surface area contributed by atoms with E-state index >= 15 is 0 Å². The summed E-state index contributed by atoms with van der Waals surface area (Å²) in [7, 11) is 0. The quantitative estimate of drug-likeness (QED) is 0.170. The first-order valence-electron chi connectivity index (χ1n) is 17.4. The van der Waals surface area contributed by atoms with Gasteiger partial charge in [-0.25, -0.2) is 0 Å². The van der Waals surface area contributed by atoms with Gasteiger partial charge >= 0.3 is 0 Å². The van der Waals surface area contributed by atoms with Gasteiger partial charge in [-0.3, -0.25) is 0 Å². The van der Waals surface area contributed by atoms with E-state index in [1.54, 1.807) is 0 Å². The normalized spacial score (nSPS) is 11.9. The number of rotatable bonds is 4. The third-order valence-corrected chi connectivity index (χ3v) is 11.7. The Labute approximate surface area is 298 Å². The zero-order valence-electron chi connectivity index (χ0n) is 27.6. The Morgan fingerprint density at radius 3 is 1.86 bits per heavy atom. The van der Waals surface area contributed by atoms with Crippen LogP contribution < -0.4 is 4.90 Å². The molecule has 51 heavy (non-hydrogen) atoms. The minimum atomic E-state index is 1.12. The highest BCUT2D eigenvalue weighted by molar-refractivity contribution is 7.26. The van der Waals surface area contributed by atoms with Gasteiger partial charge in [0.25, 0.3) is 0 Å². The molecule has 0 aliphatic rings. The van der Waals surface area contributed by atoms with Crippen LogP contribution in [-0.2, 0) is 0 Å². The van der Waals surface area contributed by atoms with Crippen LogP contribution in [0.4, 0.5) is 17.1 Å². The van der Waals surface area contributed by atoms with Gasteiger partial charge < -0.3 is 9.47 Å². The molecule has 9 aromatic carbocycles. The molecule has 3 heteroatoms. The highest BCUT2D eigenvalue weighted by Gasteiger charge is 2.21. The maximum Gasteiger partial charge on any atom is 0.0640 e. The summed E-state index contributed by atoms with van der Waals surface area (Å²) < 4.78 is 4.99. The van der Waals surface area contributed by atoms with Crippen molar-refractivity contribution in [3.8, 4) is 5.69 Å². The molecule has 2 heterocycles. The maximum absolute atomic E-state index is 2.48. The number of benzene rings is 9. The van der Waals surface area contributed by atoms with Crippen molar-refractivity contribution >= 4 is 103 Å². The summed E-state index contributed by atoms with van der Waals surface area (Å²) >= 11 is 1.87.